The summed E-state index contributed by atoms with van der Waals surface area (Å²) >= 11 is 0. The first kappa shape index (κ1) is 18.1. The van der Waals surface area contributed by atoms with Crippen LogP contribution in [0.4, 0.5) is 0 Å². The molecule has 0 aliphatic rings. The summed E-state index contributed by atoms with van der Waals surface area (Å²) in [7, 11) is -2.16. The predicted molar refractivity (Wildman–Crippen MR) is 93.7 cm³/mol. The maximum absolute atomic E-state index is 10.4. The molecule has 1 heterocycles. The summed E-state index contributed by atoms with van der Waals surface area (Å²) in [6.45, 7) is 6.12. The molecule has 0 fully saturated rings. The Hall–Kier alpha value is -2.24. The van der Waals surface area contributed by atoms with Crippen LogP contribution in [-0.4, -0.2) is 13.0 Å². The molecule has 24 heavy (non-hydrogen) atoms. The molecule has 0 saturated heterocycles. The van der Waals surface area contributed by atoms with E-state index in [1.807, 2.05) is 6.92 Å². The molecule has 0 amide bonds. The third-order valence-corrected chi connectivity index (χ3v) is 4.80. The quantitative estimate of drug-likeness (QED) is 0.504. The standard InChI is InChI=1S/C12H14N.C7H8O3S/c1-9-8-10(2)13(3)12-7-5-4-6-11(9)12;1-6-2-4-7(5-3-6)11(8,9)10/h4-8H,1-3H3;2-5H,1H3,(H,8,9,10)/q+1;/p-1. The van der Waals surface area contributed by atoms with Crippen molar-refractivity contribution < 1.29 is 17.5 Å². The lowest BCUT2D eigenvalue weighted by Gasteiger charge is -2.05. The van der Waals surface area contributed by atoms with Crippen molar-refractivity contribution in [2.45, 2.75) is 25.7 Å². The van der Waals surface area contributed by atoms with Crippen molar-refractivity contribution in [1.29, 1.82) is 0 Å². The minimum atomic E-state index is -4.27. The van der Waals surface area contributed by atoms with E-state index in [2.05, 4.69) is 55.8 Å². The van der Waals surface area contributed by atoms with Crippen molar-refractivity contribution in [3.8, 4) is 0 Å². The first-order chi connectivity index (χ1) is 11.2. The molecule has 0 bridgehead atoms. The summed E-state index contributed by atoms with van der Waals surface area (Å²) in [5.74, 6) is 0. The molecule has 3 aromatic rings. The number of para-hydroxylation sites is 1. The molecule has 4 nitrogen and oxygen atoms in total. The summed E-state index contributed by atoms with van der Waals surface area (Å²) in [5, 5.41) is 1.34. The maximum atomic E-state index is 10.4. The topological polar surface area (TPSA) is 61.1 Å². The normalized spacial score (nSPS) is 11.0. The summed E-state index contributed by atoms with van der Waals surface area (Å²) in [6.07, 6.45) is 0. The van der Waals surface area contributed by atoms with E-state index < -0.39 is 10.1 Å². The zero-order valence-electron chi connectivity index (χ0n) is 14.3. The zero-order chi connectivity index (χ0) is 17.9. The number of fused-ring (bicyclic) bond motifs is 1. The van der Waals surface area contributed by atoms with Gasteiger partial charge < -0.3 is 4.55 Å². The van der Waals surface area contributed by atoms with Gasteiger partial charge in [-0.25, -0.2) is 8.42 Å². The van der Waals surface area contributed by atoms with Gasteiger partial charge in [-0.15, -0.1) is 0 Å². The van der Waals surface area contributed by atoms with Crippen molar-refractivity contribution in [3.63, 3.8) is 0 Å². The van der Waals surface area contributed by atoms with E-state index in [4.69, 9.17) is 0 Å². The second kappa shape index (κ2) is 7.11. The smallest absolute Gasteiger partial charge is 0.212 e. The number of benzene rings is 2. The van der Waals surface area contributed by atoms with E-state index in [0.29, 0.717) is 0 Å². The van der Waals surface area contributed by atoms with Gasteiger partial charge in [0.2, 0.25) is 5.52 Å². The molecule has 126 valence electrons. The van der Waals surface area contributed by atoms with Crippen LogP contribution < -0.4 is 4.57 Å². The van der Waals surface area contributed by atoms with E-state index in [1.165, 1.54) is 34.3 Å². The molecule has 0 N–H and O–H groups in total. The van der Waals surface area contributed by atoms with E-state index in [9.17, 15) is 13.0 Å². The molecule has 3 rings (SSSR count). The highest BCUT2D eigenvalue weighted by molar-refractivity contribution is 7.85. The average Bonchev–Trinajstić information content (AvgIpc) is 2.53. The molecule has 0 unspecified atom stereocenters. The highest BCUT2D eigenvalue weighted by Gasteiger charge is 2.09. The second-order valence-electron chi connectivity index (χ2n) is 5.81. The first-order valence-corrected chi connectivity index (χ1v) is 8.98. The molecular weight excluding hydrogens is 322 g/mol. The van der Waals surface area contributed by atoms with Crippen molar-refractivity contribution in [2.24, 2.45) is 7.05 Å². The van der Waals surface area contributed by atoms with E-state index in [0.717, 1.165) is 5.56 Å². The zero-order valence-corrected chi connectivity index (χ0v) is 15.1. The van der Waals surface area contributed by atoms with Crippen molar-refractivity contribution in [1.82, 2.24) is 0 Å². The van der Waals surface area contributed by atoms with Gasteiger partial charge in [0.1, 0.15) is 17.2 Å². The fourth-order valence-corrected chi connectivity index (χ4v) is 2.95. The van der Waals surface area contributed by atoms with Gasteiger partial charge >= 0.3 is 0 Å². The summed E-state index contributed by atoms with van der Waals surface area (Å²) in [6, 6.07) is 16.5. The summed E-state index contributed by atoms with van der Waals surface area (Å²) < 4.78 is 33.4. The van der Waals surface area contributed by atoms with Crippen LogP contribution in [0.3, 0.4) is 0 Å². The number of hydrogen-bond donors (Lipinski definition) is 0. The molecule has 0 aliphatic heterocycles. The van der Waals surface area contributed by atoms with Crippen molar-refractivity contribution >= 4 is 21.0 Å². The Morgan fingerprint density at radius 3 is 2.08 bits per heavy atom. The Kier molecular flexibility index (Phi) is 5.36. The van der Waals surface area contributed by atoms with Gasteiger partial charge in [0, 0.05) is 24.4 Å². The lowest BCUT2D eigenvalue weighted by Crippen LogP contribution is -2.32. The minimum Gasteiger partial charge on any atom is -0.744 e. The number of rotatable bonds is 1. The number of pyridine rings is 1. The van der Waals surface area contributed by atoms with Gasteiger partial charge in [-0.05, 0) is 37.6 Å². The Balaban J connectivity index is 0.000000177. The van der Waals surface area contributed by atoms with Gasteiger partial charge in [-0.3, -0.25) is 0 Å². The second-order valence-corrected chi connectivity index (χ2v) is 7.19. The molecule has 1 aromatic heterocycles. The molecule has 0 radical (unpaired) electrons. The van der Waals surface area contributed by atoms with Crippen LogP contribution in [-0.2, 0) is 17.2 Å². The van der Waals surface area contributed by atoms with Gasteiger partial charge in [-0.1, -0.05) is 29.8 Å². The predicted octanol–water partition coefficient (Wildman–Crippen LogP) is 3.18. The van der Waals surface area contributed by atoms with Gasteiger partial charge in [0.15, 0.2) is 5.69 Å². The molecule has 5 heteroatoms. The van der Waals surface area contributed by atoms with E-state index in [-0.39, 0.29) is 4.90 Å². The fraction of sp³-hybridized carbons (Fsp3) is 0.211. The Morgan fingerprint density at radius 2 is 1.50 bits per heavy atom. The number of aromatic nitrogens is 1. The number of aryl methyl sites for hydroxylation is 4. The molecule has 0 atom stereocenters. The van der Waals surface area contributed by atoms with Crippen molar-refractivity contribution in [3.05, 3.63) is 71.4 Å². The largest absolute Gasteiger partial charge is 0.744 e. The highest BCUT2D eigenvalue weighted by atomic mass is 32.2. The Morgan fingerprint density at radius 1 is 0.917 bits per heavy atom. The minimum absolute atomic E-state index is 0.178. The molecule has 2 aromatic carbocycles. The average molecular weight is 343 g/mol. The van der Waals surface area contributed by atoms with Gasteiger partial charge in [0.05, 0.1) is 4.90 Å². The number of hydrogen-bond acceptors (Lipinski definition) is 3. The van der Waals surface area contributed by atoms with Crippen LogP contribution in [0.1, 0.15) is 16.8 Å². The Labute approximate surface area is 143 Å². The number of nitrogens with zero attached hydrogens (tertiary/aromatic N) is 1. The lowest BCUT2D eigenvalue weighted by molar-refractivity contribution is -0.651. The van der Waals surface area contributed by atoms with Crippen molar-refractivity contribution in [2.75, 3.05) is 0 Å². The monoisotopic (exact) mass is 343 g/mol. The van der Waals surface area contributed by atoms with Crippen LogP contribution in [0.2, 0.25) is 0 Å². The third kappa shape index (κ3) is 4.19. The first-order valence-electron chi connectivity index (χ1n) is 7.57. The van der Waals surface area contributed by atoms with Gasteiger partial charge in [0.25, 0.3) is 0 Å². The van der Waals surface area contributed by atoms with Crippen LogP contribution in [0.5, 0.6) is 0 Å². The molecule has 0 aliphatic carbocycles. The molecule has 0 saturated carbocycles. The highest BCUT2D eigenvalue weighted by Crippen LogP contribution is 2.14. The van der Waals surface area contributed by atoms with Crippen LogP contribution >= 0.6 is 0 Å². The molecule has 0 spiro atoms. The van der Waals surface area contributed by atoms with Crippen LogP contribution in [0.15, 0.2) is 59.5 Å². The Bertz CT molecular complexity index is 962. The van der Waals surface area contributed by atoms with E-state index >= 15 is 0 Å². The summed E-state index contributed by atoms with van der Waals surface area (Å²) in [4.78, 5) is -0.178. The van der Waals surface area contributed by atoms with Crippen LogP contribution in [0.25, 0.3) is 10.9 Å². The third-order valence-electron chi connectivity index (χ3n) is 3.95. The van der Waals surface area contributed by atoms with Crippen LogP contribution in [0, 0.1) is 20.8 Å². The lowest BCUT2D eigenvalue weighted by atomic mass is 10.1. The molecular formula is C19H21NO3S. The summed E-state index contributed by atoms with van der Waals surface area (Å²) in [5.41, 5.74) is 4.89. The SMILES string of the molecule is Cc1cc(C)[n+](C)c2ccccc12.Cc1ccc(S(=O)(=O)[O-])cc1. The van der Waals surface area contributed by atoms with Gasteiger partial charge in [-0.2, -0.15) is 4.57 Å². The van der Waals surface area contributed by atoms with E-state index in [1.54, 1.807) is 12.1 Å². The maximum Gasteiger partial charge on any atom is 0.212 e. The fourth-order valence-electron chi connectivity index (χ4n) is 2.48.